The standard InChI is InChI=1S/C54H36N4.C44H31NS2.C36H27N/c1-7-19-49-43(13-1)44-14-2-8-20-50(44)56(49)40-31-25-37(26-32-40)55(38-27-33-41(34-28-38)57-51-21-9-3-15-45(51)46-16-4-10-22-52(46)57)39-29-35-42(36-30-39)58-53-23-11-5-17-47(53)48-18-6-12-24-54(48)58;1-4-10-32(11-5-1)33-16-22-38(23-17-33)45(39-24-18-36(19-25-39)43-30-28-41(46-43)34-12-6-2-7-13-34)40-26-20-37(21-27-40)44-31-29-42(47-44)35-14-8-3-9-15-35;1-4-10-28(11-5-1)31-16-22-34(23-17-31)37(35-24-18-32(19-25-35)29-12-6-2-7-13-29)36-26-20-33(21-27-36)30-14-8-3-9-15-30/h1-36H;1-31H;1-27H. The van der Waals surface area contributed by atoms with Crippen LogP contribution in [0.2, 0.25) is 0 Å². The Morgan fingerprint density at radius 2 is 0.246 bits per heavy atom. The van der Waals surface area contributed by atoms with Crippen LogP contribution in [0.3, 0.4) is 0 Å². The van der Waals surface area contributed by atoms with Crippen molar-refractivity contribution in [1.82, 2.24) is 13.7 Å². The van der Waals surface area contributed by atoms with E-state index in [2.05, 4.69) is 599 Å². The molecule has 0 unspecified atom stereocenters. The summed E-state index contributed by atoms with van der Waals surface area (Å²) in [5.41, 5.74) is 35.3. The number of hydrogen-bond donors (Lipinski definition) is 0. The zero-order valence-electron chi connectivity index (χ0n) is 77.8. The SMILES string of the molecule is c1ccc(-c2ccc(N(c3ccc(-c4ccc(-c5ccccc5)s4)cc3)c3ccc(-c4ccc(-c5ccccc5)s4)cc3)cc2)cc1.c1ccc(-c2ccc(N(c3ccc(-c4ccccc4)cc3)c3ccc(-c4ccccc4)cc3)cc2)cc1.c1ccc2c(c1)c1ccccc1n2-c1ccc(N(c2ccc(-n3c4ccccc4c4ccccc43)cc2)c2ccc(-n3c4ccccc4c4ccccc43)cc2)cc1. The second-order valence-electron chi connectivity index (χ2n) is 35.5. The predicted octanol–water partition coefficient (Wildman–Crippen LogP) is 38.2. The maximum atomic E-state index is 2.37. The Bertz CT molecular complexity index is 8000. The fourth-order valence-corrected chi connectivity index (χ4v) is 22.0. The van der Waals surface area contributed by atoms with Gasteiger partial charge in [-0.2, -0.15) is 0 Å². The lowest BCUT2D eigenvalue weighted by atomic mass is 10.0. The summed E-state index contributed by atoms with van der Waals surface area (Å²) in [7, 11) is 0. The lowest BCUT2D eigenvalue weighted by Gasteiger charge is -2.26. The molecule has 26 rings (SSSR count). The van der Waals surface area contributed by atoms with Crippen LogP contribution in [-0.4, -0.2) is 13.7 Å². The number of nitrogens with zero attached hydrogens (tertiary/aromatic N) is 6. The van der Waals surface area contributed by atoms with Gasteiger partial charge in [-0.05, 0) is 273 Å². The summed E-state index contributed by atoms with van der Waals surface area (Å²) in [5, 5.41) is 7.56. The van der Waals surface area contributed by atoms with E-state index in [4.69, 9.17) is 0 Å². The molecule has 0 amide bonds. The number of thiophene rings is 2. The molecule has 26 aromatic rings. The maximum absolute atomic E-state index is 2.37. The van der Waals surface area contributed by atoms with Gasteiger partial charge in [-0.15, -0.1) is 22.7 Å². The van der Waals surface area contributed by atoms with Gasteiger partial charge in [0.05, 0.1) is 33.1 Å². The lowest BCUT2D eigenvalue weighted by Crippen LogP contribution is -2.10. The van der Waals surface area contributed by atoms with Gasteiger partial charge in [0.25, 0.3) is 0 Å². The molecule has 142 heavy (non-hydrogen) atoms. The Balaban J connectivity index is 0.000000118. The first-order valence-corrected chi connectivity index (χ1v) is 49.9. The van der Waals surface area contributed by atoms with Crippen LogP contribution >= 0.6 is 22.7 Å². The van der Waals surface area contributed by atoms with E-state index >= 15 is 0 Å². The third-order valence-corrected chi connectivity index (χ3v) is 29.3. The highest BCUT2D eigenvalue weighted by Gasteiger charge is 2.23. The van der Waals surface area contributed by atoms with Gasteiger partial charge in [0, 0.05) is 120 Å². The Morgan fingerprint density at radius 3 is 0.430 bits per heavy atom. The topological polar surface area (TPSA) is 24.5 Å². The Kier molecular flexibility index (Phi) is 23.9. The molecule has 21 aromatic carbocycles. The monoisotopic (exact) mass is 1850 g/mol. The Labute approximate surface area is 834 Å². The van der Waals surface area contributed by atoms with Gasteiger partial charge in [-0.1, -0.05) is 364 Å². The normalized spacial score (nSPS) is 11.2. The van der Waals surface area contributed by atoms with Gasteiger partial charge in [-0.25, -0.2) is 0 Å². The van der Waals surface area contributed by atoms with Crippen LogP contribution < -0.4 is 14.7 Å². The average Bonchev–Trinajstić information content (AvgIpc) is 1.48. The number of benzene rings is 21. The Morgan fingerprint density at radius 1 is 0.113 bits per heavy atom. The minimum atomic E-state index is 1.08. The van der Waals surface area contributed by atoms with Crippen LogP contribution in [-0.2, 0) is 0 Å². The van der Waals surface area contributed by atoms with Crippen LogP contribution in [0.4, 0.5) is 51.2 Å². The molecule has 0 N–H and O–H groups in total. The Hall–Kier alpha value is -18.2. The fourth-order valence-electron chi connectivity index (χ4n) is 20.0. The summed E-state index contributed by atoms with van der Waals surface area (Å²) in [6, 6.07) is 205. The quantitative estimate of drug-likeness (QED) is 0.0760. The van der Waals surface area contributed by atoms with Gasteiger partial charge in [-0.3, -0.25) is 0 Å². The van der Waals surface area contributed by atoms with Crippen molar-refractivity contribution in [3.05, 3.63) is 570 Å². The molecular formula is C134H94N6S2. The highest BCUT2D eigenvalue weighted by molar-refractivity contribution is 7.19. The van der Waals surface area contributed by atoms with E-state index in [1.54, 1.807) is 0 Å². The molecule has 0 aliphatic heterocycles. The van der Waals surface area contributed by atoms with Gasteiger partial charge in [0.2, 0.25) is 0 Å². The van der Waals surface area contributed by atoms with Crippen molar-refractivity contribution in [3.8, 4) is 103 Å². The second-order valence-corrected chi connectivity index (χ2v) is 37.6. The molecule has 0 aliphatic rings. The number of aromatic nitrogens is 3. The minimum absolute atomic E-state index is 1.08. The van der Waals surface area contributed by atoms with Gasteiger partial charge >= 0.3 is 0 Å². The highest BCUT2D eigenvalue weighted by Crippen LogP contribution is 2.47. The van der Waals surface area contributed by atoms with Crippen molar-refractivity contribution >= 4 is 139 Å². The van der Waals surface area contributed by atoms with Gasteiger partial charge in [0.15, 0.2) is 0 Å². The highest BCUT2D eigenvalue weighted by atomic mass is 32.1. The van der Waals surface area contributed by atoms with Crippen molar-refractivity contribution in [2.75, 3.05) is 14.7 Å². The van der Waals surface area contributed by atoms with Crippen molar-refractivity contribution in [2.45, 2.75) is 0 Å². The molecule has 672 valence electrons. The van der Waals surface area contributed by atoms with E-state index < -0.39 is 0 Å². The zero-order chi connectivity index (χ0) is 94.4. The lowest BCUT2D eigenvalue weighted by molar-refractivity contribution is 1.16. The minimum Gasteiger partial charge on any atom is -0.311 e. The molecule has 8 heteroatoms. The summed E-state index contributed by atoms with van der Waals surface area (Å²) in [6.07, 6.45) is 0. The molecule has 0 bridgehead atoms. The number of fused-ring (bicyclic) bond motifs is 9. The molecule has 0 radical (unpaired) electrons. The summed E-state index contributed by atoms with van der Waals surface area (Å²) in [6.45, 7) is 0. The summed E-state index contributed by atoms with van der Waals surface area (Å²) < 4.78 is 7.12. The number of rotatable bonds is 20. The first-order chi connectivity index (χ1) is 70.4. The fraction of sp³-hybridized carbons (Fsp3) is 0. The summed E-state index contributed by atoms with van der Waals surface area (Å²) >= 11 is 3.67. The average molecular weight is 1850 g/mol. The van der Waals surface area contributed by atoms with Crippen LogP contribution in [0.1, 0.15) is 0 Å². The molecule has 0 saturated carbocycles. The number of para-hydroxylation sites is 6. The molecule has 0 fully saturated rings. The molecular weight excluding hydrogens is 1760 g/mol. The van der Waals surface area contributed by atoms with Crippen LogP contribution in [0.25, 0.3) is 169 Å². The third-order valence-electron chi connectivity index (χ3n) is 26.9. The first-order valence-electron chi connectivity index (χ1n) is 48.2. The number of hydrogen-bond acceptors (Lipinski definition) is 5. The van der Waals surface area contributed by atoms with E-state index in [1.165, 1.54) is 152 Å². The van der Waals surface area contributed by atoms with E-state index in [0.717, 1.165) is 68.2 Å². The van der Waals surface area contributed by atoms with E-state index in [1.807, 2.05) is 22.7 Å². The first kappa shape index (κ1) is 86.6. The predicted molar refractivity (Wildman–Crippen MR) is 606 cm³/mol. The van der Waals surface area contributed by atoms with Crippen molar-refractivity contribution < 1.29 is 0 Å². The zero-order valence-corrected chi connectivity index (χ0v) is 79.4. The van der Waals surface area contributed by atoms with E-state index in [9.17, 15) is 0 Å². The molecule has 0 atom stereocenters. The second kappa shape index (κ2) is 39.1. The smallest absolute Gasteiger partial charge is 0.0541 e. The number of anilines is 9. The van der Waals surface area contributed by atoms with Crippen molar-refractivity contribution in [2.24, 2.45) is 0 Å². The third kappa shape index (κ3) is 17.4. The van der Waals surface area contributed by atoms with Gasteiger partial charge < -0.3 is 28.4 Å². The molecule has 6 nitrogen and oxygen atoms in total. The molecule has 0 spiro atoms. The maximum Gasteiger partial charge on any atom is 0.0541 e. The van der Waals surface area contributed by atoms with Crippen molar-refractivity contribution in [1.29, 1.82) is 0 Å². The van der Waals surface area contributed by atoms with Crippen LogP contribution in [0, 0.1) is 0 Å². The molecule has 0 saturated heterocycles. The molecule has 0 aliphatic carbocycles. The van der Waals surface area contributed by atoms with Crippen LogP contribution in [0.5, 0.6) is 0 Å². The summed E-state index contributed by atoms with van der Waals surface area (Å²) in [4.78, 5) is 12.1. The van der Waals surface area contributed by atoms with Crippen molar-refractivity contribution in [3.63, 3.8) is 0 Å². The summed E-state index contributed by atoms with van der Waals surface area (Å²) in [5.74, 6) is 0. The van der Waals surface area contributed by atoms with E-state index in [0.29, 0.717) is 0 Å². The largest absolute Gasteiger partial charge is 0.311 e. The van der Waals surface area contributed by atoms with Gasteiger partial charge in [0.1, 0.15) is 0 Å². The molecule has 5 aromatic heterocycles. The molecule has 5 heterocycles. The van der Waals surface area contributed by atoms with Crippen LogP contribution in [0.15, 0.2) is 570 Å². The van der Waals surface area contributed by atoms with E-state index in [-0.39, 0.29) is 0 Å².